The lowest BCUT2D eigenvalue weighted by molar-refractivity contribution is 0.210. The van der Waals surface area contributed by atoms with E-state index in [2.05, 4.69) is 50.3 Å². The number of ether oxygens (including phenoxy) is 1. The Morgan fingerprint density at radius 1 is 0.893 bits per heavy atom. The second-order valence-electron chi connectivity index (χ2n) is 9.27. The van der Waals surface area contributed by atoms with Gasteiger partial charge in [-0.05, 0) is 86.8 Å². The lowest BCUT2D eigenvalue weighted by Gasteiger charge is -2.36. The van der Waals surface area contributed by atoms with Gasteiger partial charge in [-0.1, -0.05) is 69.7 Å². The fourth-order valence-electron chi connectivity index (χ4n) is 5.57. The molecule has 0 aliphatic heterocycles. The van der Waals surface area contributed by atoms with E-state index >= 15 is 0 Å². The molecule has 1 heteroatoms. The predicted octanol–water partition coefficient (Wildman–Crippen LogP) is 8.30. The van der Waals surface area contributed by atoms with E-state index in [1.807, 2.05) is 0 Å². The summed E-state index contributed by atoms with van der Waals surface area (Å²) in [5, 5.41) is 0. The lowest BCUT2D eigenvalue weighted by Crippen LogP contribution is -2.23. The molecule has 1 nitrogen and oxygen atoms in total. The van der Waals surface area contributed by atoms with Crippen molar-refractivity contribution in [3.8, 4) is 5.75 Å². The van der Waals surface area contributed by atoms with Crippen molar-refractivity contribution in [3.63, 3.8) is 0 Å². The molecule has 28 heavy (non-hydrogen) atoms. The summed E-state index contributed by atoms with van der Waals surface area (Å²) in [6, 6.07) is 9.12. The fraction of sp³-hybridized carbons (Fsp3) is 0.704. The first-order valence-electron chi connectivity index (χ1n) is 12.2. The Bertz CT molecular complexity index is 564. The normalized spacial score (nSPS) is 26.1. The molecule has 0 bridgehead atoms. The van der Waals surface area contributed by atoms with Crippen LogP contribution in [0, 0.1) is 17.8 Å². The SMILES string of the molecule is CCCCCC1CCC(C(CC2CC=CCC2)c2ccc(OCC)cc2)CC1. The first-order chi connectivity index (χ1) is 13.8. The van der Waals surface area contributed by atoms with Gasteiger partial charge in [-0.15, -0.1) is 0 Å². The summed E-state index contributed by atoms with van der Waals surface area (Å²) in [7, 11) is 0. The minimum Gasteiger partial charge on any atom is -0.494 e. The van der Waals surface area contributed by atoms with E-state index in [4.69, 9.17) is 4.74 Å². The maximum absolute atomic E-state index is 5.69. The Labute approximate surface area is 174 Å². The summed E-state index contributed by atoms with van der Waals surface area (Å²) in [4.78, 5) is 0. The highest BCUT2D eigenvalue weighted by atomic mass is 16.5. The van der Waals surface area contributed by atoms with Gasteiger partial charge in [0.25, 0.3) is 0 Å². The van der Waals surface area contributed by atoms with Crippen molar-refractivity contribution in [1.29, 1.82) is 0 Å². The van der Waals surface area contributed by atoms with E-state index in [9.17, 15) is 0 Å². The average Bonchev–Trinajstić information content (AvgIpc) is 2.75. The number of benzene rings is 1. The van der Waals surface area contributed by atoms with E-state index in [-0.39, 0.29) is 0 Å². The van der Waals surface area contributed by atoms with Gasteiger partial charge in [-0.3, -0.25) is 0 Å². The van der Waals surface area contributed by atoms with Gasteiger partial charge < -0.3 is 4.74 Å². The van der Waals surface area contributed by atoms with Crippen molar-refractivity contribution in [2.45, 2.75) is 96.8 Å². The molecule has 0 heterocycles. The van der Waals surface area contributed by atoms with Crippen molar-refractivity contribution >= 4 is 0 Å². The molecule has 2 aliphatic rings. The Morgan fingerprint density at radius 3 is 2.32 bits per heavy atom. The van der Waals surface area contributed by atoms with Crippen molar-refractivity contribution in [2.75, 3.05) is 6.61 Å². The first-order valence-corrected chi connectivity index (χ1v) is 12.2. The molecule has 2 aliphatic carbocycles. The van der Waals surface area contributed by atoms with Crippen LogP contribution >= 0.6 is 0 Å². The van der Waals surface area contributed by atoms with Gasteiger partial charge in [0.1, 0.15) is 5.75 Å². The van der Waals surface area contributed by atoms with E-state index in [1.54, 1.807) is 5.56 Å². The summed E-state index contributed by atoms with van der Waals surface area (Å²) < 4.78 is 5.69. The van der Waals surface area contributed by atoms with Crippen molar-refractivity contribution in [3.05, 3.63) is 42.0 Å². The largest absolute Gasteiger partial charge is 0.494 e. The molecule has 2 unspecified atom stereocenters. The quantitative estimate of drug-likeness (QED) is 0.292. The third-order valence-electron chi connectivity index (χ3n) is 7.26. The van der Waals surface area contributed by atoms with Crippen LogP contribution in [0.2, 0.25) is 0 Å². The Morgan fingerprint density at radius 2 is 1.68 bits per heavy atom. The van der Waals surface area contributed by atoms with Gasteiger partial charge in [-0.25, -0.2) is 0 Å². The molecule has 0 spiro atoms. The van der Waals surface area contributed by atoms with Crippen LogP contribution in [0.5, 0.6) is 5.75 Å². The maximum atomic E-state index is 5.69. The minimum absolute atomic E-state index is 0.740. The van der Waals surface area contributed by atoms with Crippen LogP contribution in [0.3, 0.4) is 0 Å². The second kappa shape index (κ2) is 11.7. The molecule has 0 N–H and O–H groups in total. The van der Waals surface area contributed by atoms with E-state index in [1.165, 1.54) is 77.0 Å². The van der Waals surface area contributed by atoms with Crippen LogP contribution in [0.1, 0.15) is 102 Å². The molecule has 1 saturated carbocycles. The van der Waals surface area contributed by atoms with Crippen molar-refractivity contribution in [1.82, 2.24) is 0 Å². The van der Waals surface area contributed by atoms with Crippen LogP contribution in [-0.2, 0) is 0 Å². The predicted molar refractivity (Wildman–Crippen MR) is 121 cm³/mol. The van der Waals surface area contributed by atoms with Crippen LogP contribution in [-0.4, -0.2) is 6.61 Å². The molecule has 0 amide bonds. The zero-order valence-corrected chi connectivity index (χ0v) is 18.4. The molecule has 1 aromatic rings. The highest BCUT2D eigenvalue weighted by Crippen LogP contribution is 2.44. The third-order valence-corrected chi connectivity index (χ3v) is 7.26. The van der Waals surface area contributed by atoms with Crippen LogP contribution in [0.4, 0.5) is 0 Å². The summed E-state index contributed by atoms with van der Waals surface area (Å²) in [5.41, 5.74) is 1.56. The zero-order valence-electron chi connectivity index (χ0n) is 18.4. The summed E-state index contributed by atoms with van der Waals surface area (Å²) in [5.74, 6) is 4.52. The molecule has 0 saturated heterocycles. The maximum Gasteiger partial charge on any atom is 0.119 e. The molecular weight excluding hydrogens is 340 g/mol. The van der Waals surface area contributed by atoms with Gasteiger partial charge in [0.05, 0.1) is 6.61 Å². The number of unbranched alkanes of at least 4 members (excludes halogenated alkanes) is 2. The molecule has 0 radical (unpaired) electrons. The van der Waals surface area contributed by atoms with Gasteiger partial charge >= 0.3 is 0 Å². The second-order valence-corrected chi connectivity index (χ2v) is 9.27. The van der Waals surface area contributed by atoms with Crippen molar-refractivity contribution in [2.24, 2.45) is 17.8 Å². The number of allylic oxidation sites excluding steroid dienone is 2. The minimum atomic E-state index is 0.740. The standard InChI is InChI=1S/C27H42O/c1-3-5-7-10-22-13-15-24(16-14-22)27(21-23-11-8-6-9-12-23)25-17-19-26(20-18-25)28-4-2/h6,8,17-20,22-24,27H,3-5,7,9-16,21H2,1-2H3. The molecule has 1 aromatic carbocycles. The molecule has 1 fully saturated rings. The molecule has 2 atom stereocenters. The van der Waals surface area contributed by atoms with Gasteiger partial charge in [0, 0.05) is 0 Å². The third kappa shape index (κ3) is 6.39. The van der Waals surface area contributed by atoms with E-state index < -0.39 is 0 Å². The monoisotopic (exact) mass is 382 g/mol. The van der Waals surface area contributed by atoms with Crippen molar-refractivity contribution < 1.29 is 4.74 Å². The molecule has 0 aromatic heterocycles. The molecule has 156 valence electrons. The van der Waals surface area contributed by atoms with Gasteiger partial charge in [0.15, 0.2) is 0 Å². The van der Waals surface area contributed by atoms with Crippen LogP contribution < -0.4 is 4.74 Å². The number of hydrogen-bond acceptors (Lipinski definition) is 1. The topological polar surface area (TPSA) is 9.23 Å². The summed E-state index contributed by atoms with van der Waals surface area (Å²) in [6.07, 6.45) is 21.6. The highest BCUT2D eigenvalue weighted by molar-refractivity contribution is 5.30. The number of hydrogen-bond donors (Lipinski definition) is 0. The average molecular weight is 383 g/mol. The highest BCUT2D eigenvalue weighted by Gasteiger charge is 2.30. The first kappa shape index (κ1) is 21.5. The molecular formula is C27H42O. The Kier molecular flexibility index (Phi) is 8.96. The van der Waals surface area contributed by atoms with Gasteiger partial charge in [0.2, 0.25) is 0 Å². The number of rotatable bonds is 10. The Hall–Kier alpha value is -1.24. The molecule has 3 rings (SSSR count). The van der Waals surface area contributed by atoms with E-state index in [0.29, 0.717) is 0 Å². The zero-order chi connectivity index (χ0) is 19.6. The summed E-state index contributed by atoms with van der Waals surface area (Å²) >= 11 is 0. The smallest absolute Gasteiger partial charge is 0.119 e. The fourth-order valence-corrected chi connectivity index (χ4v) is 5.57. The van der Waals surface area contributed by atoms with Crippen LogP contribution in [0.25, 0.3) is 0 Å². The van der Waals surface area contributed by atoms with Gasteiger partial charge in [-0.2, -0.15) is 0 Å². The van der Waals surface area contributed by atoms with E-state index in [0.717, 1.165) is 36.0 Å². The lowest BCUT2D eigenvalue weighted by atomic mass is 9.69. The van der Waals surface area contributed by atoms with Crippen LogP contribution in [0.15, 0.2) is 36.4 Å². The Balaban J connectivity index is 1.63. The summed E-state index contributed by atoms with van der Waals surface area (Å²) in [6.45, 7) is 5.13.